The normalized spacial score (nSPS) is 13.2. The Morgan fingerprint density at radius 2 is 1.84 bits per heavy atom. The maximum absolute atomic E-state index is 13.3. The minimum Gasteiger partial charge on any atom is -0.325 e. The molecule has 3 rings (SSSR count). The first-order valence-corrected chi connectivity index (χ1v) is 8.92. The molecule has 3 nitrogen and oxygen atoms in total. The molecule has 3 aromatic rings. The highest BCUT2D eigenvalue weighted by Crippen LogP contribution is 2.26. The van der Waals surface area contributed by atoms with Gasteiger partial charge < -0.3 is 5.32 Å². The summed E-state index contributed by atoms with van der Waals surface area (Å²) >= 11 is 1.64. The molecule has 1 aromatic heterocycles. The van der Waals surface area contributed by atoms with Gasteiger partial charge in [-0.2, -0.15) is 0 Å². The van der Waals surface area contributed by atoms with Gasteiger partial charge in [0.15, 0.2) is 0 Å². The molecule has 0 radical (unpaired) electrons. The van der Waals surface area contributed by atoms with Crippen LogP contribution in [0.4, 0.5) is 10.1 Å². The van der Waals surface area contributed by atoms with Crippen LogP contribution in [-0.4, -0.2) is 11.9 Å². The van der Waals surface area contributed by atoms with Crippen LogP contribution >= 0.6 is 11.3 Å². The van der Waals surface area contributed by atoms with Crippen molar-refractivity contribution >= 4 is 22.9 Å². The van der Waals surface area contributed by atoms with Gasteiger partial charge in [0.1, 0.15) is 5.82 Å². The topological polar surface area (TPSA) is 41.1 Å². The van der Waals surface area contributed by atoms with E-state index in [0.717, 1.165) is 10.4 Å². The smallest absolute Gasteiger partial charge is 0.241 e. The highest BCUT2D eigenvalue weighted by molar-refractivity contribution is 7.10. The Hall–Kier alpha value is -2.50. The number of amides is 1. The van der Waals surface area contributed by atoms with Gasteiger partial charge in [-0.3, -0.25) is 10.1 Å². The maximum Gasteiger partial charge on any atom is 0.241 e. The molecule has 0 saturated heterocycles. The number of carbonyl (C=O) groups excluding carboxylic acids is 1. The molecule has 2 aromatic carbocycles. The Kier molecular flexibility index (Phi) is 5.58. The Labute approximate surface area is 150 Å². The van der Waals surface area contributed by atoms with Gasteiger partial charge in [-0.15, -0.1) is 11.3 Å². The number of halogens is 1. The Balaban J connectivity index is 1.74. The zero-order valence-electron chi connectivity index (χ0n) is 13.8. The summed E-state index contributed by atoms with van der Waals surface area (Å²) in [7, 11) is 0. The van der Waals surface area contributed by atoms with Crippen molar-refractivity contribution in [1.29, 1.82) is 0 Å². The SMILES string of the molecule is C[C@@H](N[C@H](c1ccccc1)c1cccs1)C(=O)Nc1cccc(F)c1. The number of rotatable bonds is 6. The third kappa shape index (κ3) is 4.53. The molecular formula is C20H19FN2OS. The van der Waals surface area contributed by atoms with Gasteiger partial charge in [-0.25, -0.2) is 4.39 Å². The number of carbonyl (C=O) groups is 1. The van der Waals surface area contributed by atoms with Crippen molar-refractivity contribution in [2.75, 3.05) is 5.32 Å². The number of hydrogen-bond acceptors (Lipinski definition) is 3. The lowest BCUT2D eigenvalue weighted by molar-refractivity contribution is -0.117. The van der Waals surface area contributed by atoms with E-state index in [-0.39, 0.29) is 17.8 Å². The van der Waals surface area contributed by atoms with E-state index in [1.165, 1.54) is 12.1 Å². The highest BCUT2D eigenvalue weighted by Gasteiger charge is 2.21. The molecule has 0 aliphatic rings. The number of hydrogen-bond donors (Lipinski definition) is 2. The summed E-state index contributed by atoms with van der Waals surface area (Å²) < 4.78 is 13.3. The maximum atomic E-state index is 13.3. The van der Waals surface area contributed by atoms with Gasteiger partial charge in [0.2, 0.25) is 5.91 Å². The molecule has 0 aliphatic heterocycles. The third-order valence-electron chi connectivity index (χ3n) is 3.86. The summed E-state index contributed by atoms with van der Waals surface area (Å²) in [6, 6.07) is 19.4. The van der Waals surface area contributed by atoms with Crippen molar-refractivity contribution in [3.05, 3.63) is 88.4 Å². The number of benzene rings is 2. The van der Waals surface area contributed by atoms with Gasteiger partial charge >= 0.3 is 0 Å². The van der Waals surface area contributed by atoms with Gasteiger partial charge in [0, 0.05) is 10.6 Å². The van der Waals surface area contributed by atoms with E-state index < -0.39 is 6.04 Å². The lowest BCUT2D eigenvalue weighted by Gasteiger charge is -2.22. The first-order chi connectivity index (χ1) is 12.1. The van der Waals surface area contributed by atoms with Crippen LogP contribution in [0.3, 0.4) is 0 Å². The molecule has 1 heterocycles. The largest absolute Gasteiger partial charge is 0.325 e. The van der Waals surface area contributed by atoms with Gasteiger partial charge in [-0.1, -0.05) is 42.5 Å². The van der Waals surface area contributed by atoms with Crippen molar-refractivity contribution in [2.24, 2.45) is 0 Å². The summed E-state index contributed by atoms with van der Waals surface area (Å²) in [5, 5.41) is 8.14. The van der Waals surface area contributed by atoms with Crippen LogP contribution in [0.2, 0.25) is 0 Å². The van der Waals surface area contributed by atoms with Crippen molar-refractivity contribution in [1.82, 2.24) is 5.32 Å². The van der Waals surface area contributed by atoms with Crippen LogP contribution in [0.15, 0.2) is 72.1 Å². The molecule has 0 fully saturated rings. The monoisotopic (exact) mass is 354 g/mol. The molecule has 2 atom stereocenters. The molecule has 0 saturated carbocycles. The van der Waals surface area contributed by atoms with Crippen molar-refractivity contribution < 1.29 is 9.18 Å². The van der Waals surface area contributed by atoms with Crippen LogP contribution in [0.1, 0.15) is 23.4 Å². The second-order valence-corrected chi connectivity index (χ2v) is 6.73. The van der Waals surface area contributed by atoms with E-state index in [1.54, 1.807) is 30.4 Å². The van der Waals surface area contributed by atoms with Gasteiger partial charge in [0.05, 0.1) is 12.1 Å². The molecular weight excluding hydrogens is 335 g/mol. The quantitative estimate of drug-likeness (QED) is 0.680. The van der Waals surface area contributed by atoms with Gasteiger partial charge in [0.25, 0.3) is 0 Å². The summed E-state index contributed by atoms with van der Waals surface area (Å²) in [5.74, 6) is -0.581. The average molecular weight is 354 g/mol. The van der Waals surface area contributed by atoms with E-state index in [4.69, 9.17) is 0 Å². The summed E-state index contributed by atoms with van der Waals surface area (Å²) in [5.41, 5.74) is 1.54. The molecule has 1 amide bonds. The predicted octanol–water partition coefficient (Wildman–Crippen LogP) is 4.59. The Morgan fingerprint density at radius 3 is 2.52 bits per heavy atom. The summed E-state index contributed by atoms with van der Waals surface area (Å²) in [6.45, 7) is 1.80. The number of nitrogens with one attached hydrogen (secondary N) is 2. The zero-order valence-corrected chi connectivity index (χ0v) is 14.6. The second kappa shape index (κ2) is 8.05. The van der Waals surface area contributed by atoms with Gasteiger partial charge in [-0.05, 0) is 42.1 Å². The lowest BCUT2D eigenvalue weighted by atomic mass is 10.0. The molecule has 5 heteroatoms. The van der Waals surface area contributed by atoms with Crippen LogP contribution in [0, 0.1) is 5.82 Å². The first kappa shape index (κ1) is 17.3. The van der Waals surface area contributed by atoms with Crippen LogP contribution < -0.4 is 10.6 Å². The zero-order chi connectivity index (χ0) is 17.6. The molecule has 2 N–H and O–H groups in total. The number of anilines is 1. The molecule has 0 aliphatic carbocycles. The summed E-state index contributed by atoms with van der Waals surface area (Å²) in [6.07, 6.45) is 0. The molecule has 25 heavy (non-hydrogen) atoms. The van der Waals surface area contributed by atoms with E-state index in [9.17, 15) is 9.18 Å². The summed E-state index contributed by atoms with van der Waals surface area (Å²) in [4.78, 5) is 13.6. The Bertz CT molecular complexity index is 821. The Morgan fingerprint density at radius 1 is 1.04 bits per heavy atom. The van der Waals surface area contributed by atoms with Crippen molar-refractivity contribution in [3.8, 4) is 0 Å². The van der Waals surface area contributed by atoms with Crippen LogP contribution in [0.25, 0.3) is 0 Å². The minimum atomic E-state index is -0.449. The fraction of sp³-hybridized carbons (Fsp3) is 0.150. The fourth-order valence-corrected chi connectivity index (χ4v) is 3.40. The minimum absolute atomic E-state index is 0.0746. The average Bonchev–Trinajstić information content (AvgIpc) is 3.14. The van der Waals surface area contributed by atoms with Crippen LogP contribution in [-0.2, 0) is 4.79 Å². The van der Waals surface area contributed by atoms with Crippen LogP contribution in [0.5, 0.6) is 0 Å². The van der Waals surface area contributed by atoms with Crippen molar-refractivity contribution in [3.63, 3.8) is 0 Å². The van der Waals surface area contributed by atoms with Crippen molar-refractivity contribution in [2.45, 2.75) is 19.0 Å². The molecule has 0 spiro atoms. The third-order valence-corrected chi connectivity index (χ3v) is 4.80. The predicted molar refractivity (Wildman–Crippen MR) is 100 cm³/mol. The van der Waals surface area contributed by atoms with E-state index >= 15 is 0 Å². The lowest BCUT2D eigenvalue weighted by Crippen LogP contribution is -2.40. The first-order valence-electron chi connectivity index (χ1n) is 8.04. The standard InChI is InChI=1S/C20H19FN2OS/c1-14(20(24)23-17-10-5-9-16(21)13-17)22-19(18-11-6-12-25-18)15-7-3-2-4-8-15/h2-14,19,22H,1H3,(H,23,24)/t14-,19-/m1/s1. The molecule has 128 valence electrons. The molecule has 0 unspecified atom stereocenters. The van der Waals surface area contributed by atoms with E-state index in [0.29, 0.717) is 5.69 Å². The molecule has 0 bridgehead atoms. The fourth-order valence-electron chi connectivity index (χ4n) is 2.59. The van der Waals surface area contributed by atoms with E-state index in [1.807, 2.05) is 47.8 Å². The van der Waals surface area contributed by atoms with E-state index in [2.05, 4.69) is 10.6 Å². The second-order valence-electron chi connectivity index (χ2n) is 5.75. The number of thiophene rings is 1. The highest BCUT2D eigenvalue weighted by atomic mass is 32.1.